The summed E-state index contributed by atoms with van der Waals surface area (Å²) in [7, 11) is 0. The summed E-state index contributed by atoms with van der Waals surface area (Å²) < 4.78 is 10.6. The molecule has 124 valence electrons. The summed E-state index contributed by atoms with van der Waals surface area (Å²) in [4.78, 5) is 8.80. The molecule has 0 radical (unpaired) electrons. The number of thioether (sulfide) groups is 1. The zero-order valence-corrected chi connectivity index (χ0v) is 14.0. The van der Waals surface area contributed by atoms with Gasteiger partial charge in [0.05, 0.1) is 11.5 Å². The summed E-state index contributed by atoms with van der Waals surface area (Å²) >= 11 is 1.58. The fraction of sp³-hybridized carbons (Fsp3) is 0.111. The van der Waals surface area contributed by atoms with Crippen LogP contribution in [0, 0.1) is 0 Å². The Balaban J connectivity index is 1.34. The topological polar surface area (TPSA) is 77.8 Å². The molecule has 2 heterocycles. The van der Waals surface area contributed by atoms with Gasteiger partial charge in [0, 0.05) is 11.1 Å². The van der Waals surface area contributed by atoms with Crippen molar-refractivity contribution < 1.29 is 9.05 Å². The molecule has 0 aliphatic rings. The second-order valence-corrected chi connectivity index (χ2v) is 6.23. The van der Waals surface area contributed by atoms with E-state index in [9.17, 15) is 0 Å². The maximum atomic E-state index is 5.28. The third-order valence-corrected chi connectivity index (χ3v) is 4.35. The average molecular weight is 350 g/mol. The SMILES string of the molecule is c1ccc(-c2noc(CSCc3nc(-c4ccccc4)no3)n2)cc1. The molecule has 0 spiro atoms. The molecule has 0 fully saturated rings. The van der Waals surface area contributed by atoms with Gasteiger partial charge in [-0.1, -0.05) is 71.0 Å². The van der Waals surface area contributed by atoms with Crippen molar-refractivity contribution in [3.8, 4) is 22.8 Å². The molecule has 0 saturated carbocycles. The first-order valence-corrected chi connectivity index (χ1v) is 8.88. The van der Waals surface area contributed by atoms with Crippen molar-refractivity contribution in [2.75, 3.05) is 0 Å². The Kier molecular flexibility index (Phi) is 4.56. The highest BCUT2D eigenvalue weighted by Gasteiger charge is 2.11. The Morgan fingerprint density at radius 3 is 1.52 bits per heavy atom. The van der Waals surface area contributed by atoms with E-state index in [0.29, 0.717) is 34.9 Å². The van der Waals surface area contributed by atoms with Crippen molar-refractivity contribution in [2.24, 2.45) is 0 Å². The molecule has 7 heteroatoms. The molecule has 0 atom stereocenters. The summed E-state index contributed by atoms with van der Waals surface area (Å²) in [5.74, 6) is 3.52. The van der Waals surface area contributed by atoms with E-state index in [1.165, 1.54) is 0 Å². The zero-order valence-electron chi connectivity index (χ0n) is 13.2. The van der Waals surface area contributed by atoms with Crippen LogP contribution in [-0.4, -0.2) is 20.3 Å². The third kappa shape index (κ3) is 3.77. The fourth-order valence-electron chi connectivity index (χ4n) is 2.26. The maximum Gasteiger partial charge on any atom is 0.236 e. The van der Waals surface area contributed by atoms with E-state index < -0.39 is 0 Å². The molecule has 2 aromatic heterocycles. The molecular weight excluding hydrogens is 336 g/mol. The van der Waals surface area contributed by atoms with Gasteiger partial charge in [-0.2, -0.15) is 9.97 Å². The largest absolute Gasteiger partial charge is 0.338 e. The van der Waals surface area contributed by atoms with Gasteiger partial charge in [-0.05, 0) is 0 Å². The number of benzene rings is 2. The molecule has 4 aromatic rings. The van der Waals surface area contributed by atoms with Gasteiger partial charge >= 0.3 is 0 Å². The van der Waals surface area contributed by atoms with E-state index in [1.807, 2.05) is 60.7 Å². The summed E-state index contributed by atoms with van der Waals surface area (Å²) in [5.41, 5.74) is 1.87. The molecule has 0 aliphatic carbocycles. The lowest BCUT2D eigenvalue weighted by Crippen LogP contribution is -1.85. The van der Waals surface area contributed by atoms with Gasteiger partial charge in [-0.3, -0.25) is 0 Å². The van der Waals surface area contributed by atoms with Crippen LogP contribution in [0.25, 0.3) is 22.8 Å². The minimum absolute atomic E-state index is 0.576. The van der Waals surface area contributed by atoms with Gasteiger partial charge < -0.3 is 9.05 Å². The van der Waals surface area contributed by atoms with Crippen LogP contribution in [0.2, 0.25) is 0 Å². The van der Waals surface area contributed by atoms with Crippen molar-refractivity contribution in [3.05, 3.63) is 72.4 Å². The highest BCUT2D eigenvalue weighted by atomic mass is 32.2. The van der Waals surface area contributed by atoms with Crippen molar-refractivity contribution in [1.82, 2.24) is 20.3 Å². The van der Waals surface area contributed by atoms with E-state index >= 15 is 0 Å². The van der Waals surface area contributed by atoms with Crippen LogP contribution >= 0.6 is 11.8 Å². The van der Waals surface area contributed by atoms with Crippen LogP contribution in [-0.2, 0) is 11.5 Å². The number of hydrogen-bond donors (Lipinski definition) is 0. The molecular formula is C18H14N4O2S. The molecule has 0 bridgehead atoms. The average Bonchev–Trinajstić information content (AvgIpc) is 3.33. The number of rotatable bonds is 6. The van der Waals surface area contributed by atoms with Crippen LogP contribution < -0.4 is 0 Å². The molecule has 6 nitrogen and oxygen atoms in total. The van der Waals surface area contributed by atoms with E-state index in [-0.39, 0.29) is 0 Å². The van der Waals surface area contributed by atoms with Gasteiger partial charge in [0.1, 0.15) is 0 Å². The Bertz CT molecular complexity index is 860. The van der Waals surface area contributed by atoms with Gasteiger partial charge in [-0.15, -0.1) is 11.8 Å². The monoisotopic (exact) mass is 350 g/mol. The standard InChI is InChI=1S/C18H14N4O2S/c1-3-7-13(8-4-1)17-19-15(23-21-17)11-25-12-16-20-18(22-24-16)14-9-5-2-6-10-14/h1-10H,11-12H2. The zero-order chi connectivity index (χ0) is 16.9. The summed E-state index contributed by atoms with van der Waals surface area (Å²) in [5, 5.41) is 8.01. The molecule has 0 amide bonds. The molecule has 0 N–H and O–H groups in total. The normalized spacial score (nSPS) is 10.9. The van der Waals surface area contributed by atoms with Gasteiger partial charge in [0.2, 0.25) is 23.4 Å². The summed E-state index contributed by atoms with van der Waals surface area (Å²) in [6.07, 6.45) is 0. The first-order chi connectivity index (χ1) is 12.4. The van der Waals surface area contributed by atoms with Crippen molar-refractivity contribution >= 4 is 11.8 Å². The highest BCUT2D eigenvalue weighted by Crippen LogP contribution is 2.21. The Morgan fingerprint density at radius 1 is 0.640 bits per heavy atom. The van der Waals surface area contributed by atoms with Crippen molar-refractivity contribution in [3.63, 3.8) is 0 Å². The van der Waals surface area contributed by atoms with Crippen LogP contribution in [0.1, 0.15) is 11.8 Å². The minimum Gasteiger partial charge on any atom is -0.338 e. The number of nitrogens with zero attached hydrogens (tertiary/aromatic N) is 4. The molecule has 4 rings (SSSR count). The maximum absolute atomic E-state index is 5.28. The van der Waals surface area contributed by atoms with E-state index in [0.717, 1.165) is 11.1 Å². The van der Waals surface area contributed by atoms with E-state index in [4.69, 9.17) is 9.05 Å². The van der Waals surface area contributed by atoms with Crippen LogP contribution in [0.15, 0.2) is 69.7 Å². The second kappa shape index (κ2) is 7.31. The molecule has 0 aliphatic heterocycles. The molecule has 0 unspecified atom stereocenters. The lowest BCUT2D eigenvalue weighted by molar-refractivity contribution is 0.389. The van der Waals surface area contributed by atoms with Crippen molar-refractivity contribution in [1.29, 1.82) is 0 Å². The van der Waals surface area contributed by atoms with Gasteiger partial charge in [-0.25, -0.2) is 0 Å². The van der Waals surface area contributed by atoms with E-state index in [2.05, 4.69) is 20.3 Å². The Labute approximate surface area is 148 Å². The van der Waals surface area contributed by atoms with Crippen LogP contribution in [0.5, 0.6) is 0 Å². The summed E-state index contributed by atoms with van der Waals surface area (Å²) in [6, 6.07) is 19.5. The minimum atomic E-state index is 0.576. The summed E-state index contributed by atoms with van der Waals surface area (Å²) in [6.45, 7) is 0. The lowest BCUT2D eigenvalue weighted by Gasteiger charge is -1.93. The number of hydrogen-bond acceptors (Lipinski definition) is 7. The number of aromatic nitrogens is 4. The Hall–Kier alpha value is -2.93. The van der Waals surface area contributed by atoms with Crippen LogP contribution in [0.4, 0.5) is 0 Å². The third-order valence-electron chi connectivity index (χ3n) is 3.45. The molecule has 2 aromatic carbocycles. The van der Waals surface area contributed by atoms with E-state index in [1.54, 1.807) is 11.8 Å². The van der Waals surface area contributed by atoms with Gasteiger partial charge in [0.25, 0.3) is 0 Å². The first kappa shape index (κ1) is 15.6. The predicted octanol–water partition coefficient (Wildman–Crippen LogP) is 4.22. The molecule has 0 saturated heterocycles. The Morgan fingerprint density at radius 2 is 1.08 bits per heavy atom. The second-order valence-electron chi connectivity index (χ2n) is 5.25. The van der Waals surface area contributed by atoms with Gasteiger partial charge in [0.15, 0.2) is 0 Å². The highest BCUT2D eigenvalue weighted by molar-refractivity contribution is 7.97. The smallest absolute Gasteiger partial charge is 0.236 e. The quantitative estimate of drug-likeness (QED) is 0.515. The van der Waals surface area contributed by atoms with Crippen molar-refractivity contribution in [2.45, 2.75) is 11.5 Å². The first-order valence-electron chi connectivity index (χ1n) is 7.72. The molecule has 25 heavy (non-hydrogen) atoms. The lowest BCUT2D eigenvalue weighted by atomic mass is 10.2. The predicted molar refractivity (Wildman–Crippen MR) is 94.5 cm³/mol. The fourth-order valence-corrected chi connectivity index (χ4v) is 2.95. The van der Waals surface area contributed by atoms with Crippen LogP contribution in [0.3, 0.4) is 0 Å².